The number of aromatic nitrogens is 3. The predicted molar refractivity (Wildman–Crippen MR) is 209 cm³/mol. The highest BCUT2D eigenvalue weighted by molar-refractivity contribution is 5.96. The Morgan fingerprint density at radius 2 is 1.75 bits per heavy atom. The molecule has 13 nitrogen and oxygen atoms in total. The van der Waals surface area contributed by atoms with Crippen molar-refractivity contribution < 1.29 is 69.9 Å². The minimum Gasteiger partial charge on any atom is -1.00 e. The number of amides is 3. The summed E-state index contributed by atoms with van der Waals surface area (Å²) in [4.78, 5) is 49.3. The second-order valence-electron chi connectivity index (χ2n) is 16.5. The number of quaternary nitrogens is 1. The van der Waals surface area contributed by atoms with E-state index in [0.29, 0.717) is 42.5 Å². The molecule has 59 heavy (non-hydrogen) atoms. The summed E-state index contributed by atoms with van der Waals surface area (Å²) < 4.78 is 66.6. The molecular weight excluding hydrogens is 887 g/mol. The molecule has 1 atom stereocenters. The lowest BCUT2D eigenvalue weighted by atomic mass is 9.91. The van der Waals surface area contributed by atoms with Crippen molar-refractivity contribution in [3.63, 3.8) is 0 Å². The van der Waals surface area contributed by atoms with Crippen LogP contribution in [0.25, 0.3) is 16.9 Å². The molecule has 18 heteroatoms. The molecule has 0 saturated carbocycles. The molecule has 2 fully saturated rings. The van der Waals surface area contributed by atoms with Gasteiger partial charge in [-0.15, -0.1) is 0 Å². The lowest BCUT2D eigenvalue weighted by Gasteiger charge is -2.47. The number of ether oxygens (including phenoxy) is 2. The lowest BCUT2D eigenvalue weighted by Crippen LogP contribution is -3.00. The lowest BCUT2D eigenvalue weighted by molar-refractivity contribution is -0.918. The third-order valence-corrected chi connectivity index (χ3v) is 10.6. The Balaban J connectivity index is 0.00000661. The van der Waals surface area contributed by atoms with E-state index in [9.17, 15) is 31.9 Å². The van der Waals surface area contributed by atoms with Gasteiger partial charge in [-0.25, -0.2) is 19.2 Å². The Labute approximate surface area is 357 Å². The van der Waals surface area contributed by atoms with Gasteiger partial charge in [0, 0.05) is 79.6 Å². The summed E-state index contributed by atoms with van der Waals surface area (Å²) in [5.74, 6) is -3.51. The Bertz CT molecular complexity index is 2150. The zero-order valence-electron chi connectivity index (χ0n) is 34.0. The van der Waals surface area contributed by atoms with Gasteiger partial charge in [-0.05, 0) is 70.0 Å². The van der Waals surface area contributed by atoms with Gasteiger partial charge in [0.15, 0.2) is 23.0 Å². The van der Waals surface area contributed by atoms with Gasteiger partial charge in [0.25, 0.3) is 5.91 Å². The normalized spacial score (nSPS) is 18.8. The molecule has 4 heterocycles. The highest BCUT2D eigenvalue weighted by Crippen LogP contribution is 2.33. The fourth-order valence-corrected chi connectivity index (χ4v) is 7.62. The molecule has 320 valence electrons. The van der Waals surface area contributed by atoms with E-state index in [4.69, 9.17) is 4.74 Å². The van der Waals surface area contributed by atoms with Crippen LogP contribution in [0, 0.1) is 23.5 Å². The van der Waals surface area contributed by atoms with E-state index in [0.717, 1.165) is 54.7 Å². The number of carbonyl (C=O) groups excluding carboxylic acids is 3. The number of carbonyl (C=O) groups is 3. The zero-order valence-corrected chi connectivity index (χ0v) is 36.1. The summed E-state index contributed by atoms with van der Waals surface area (Å²) in [5.41, 5.74) is 1.53. The van der Waals surface area contributed by atoms with Crippen molar-refractivity contribution in [1.82, 2.24) is 29.9 Å². The van der Waals surface area contributed by atoms with E-state index in [1.54, 1.807) is 17.0 Å². The van der Waals surface area contributed by atoms with Gasteiger partial charge >= 0.3 is 12.7 Å². The van der Waals surface area contributed by atoms with Crippen LogP contribution in [0.5, 0.6) is 5.75 Å². The summed E-state index contributed by atoms with van der Waals surface area (Å²) in [5, 5.41) is 9.20. The van der Waals surface area contributed by atoms with Crippen molar-refractivity contribution in [1.29, 1.82) is 0 Å². The molecule has 2 saturated heterocycles. The summed E-state index contributed by atoms with van der Waals surface area (Å²) in [6, 6.07) is 6.93. The van der Waals surface area contributed by atoms with Crippen LogP contribution in [0.4, 0.5) is 33.9 Å². The number of alkyl halides is 2. The van der Waals surface area contributed by atoms with E-state index in [-0.39, 0.29) is 77.3 Å². The third kappa shape index (κ3) is 10.9. The summed E-state index contributed by atoms with van der Waals surface area (Å²) >= 11 is 0. The molecule has 6 rings (SSSR count). The quantitative estimate of drug-likeness (QED) is 0.105. The smallest absolute Gasteiger partial charge is 0.410 e. The van der Waals surface area contributed by atoms with Crippen LogP contribution in [-0.4, -0.2) is 106 Å². The number of rotatable bonds is 13. The molecule has 0 aliphatic carbocycles. The van der Waals surface area contributed by atoms with E-state index in [1.165, 1.54) is 23.0 Å². The van der Waals surface area contributed by atoms with Crippen LogP contribution in [0.3, 0.4) is 0 Å². The highest BCUT2D eigenvalue weighted by atomic mass is 127. The van der Waals surface area contributed by atoms with Gasteiger partial charge in [0.2, 0.25) is 11.7 Å². The maximum atomic E-state index is 15.0. The fourth-order valence-electron chi connectivity index (χ4n) is 7.62. The standard InChI is InChI=1S/C41H50F4N8O5.HI/c1-7-26-18-28(50-35-36-47-20-31(52(36)15-14-46-35)30-10-11-32(57-39(44)45)34(43)33(30)42)8-9-29(26)38(55)49-24(2)19-48-37(54)27-12-16-53(6,17-13-27)23-25-21-51(22-25)40(56)58-41(3,4)5;/h8-11,14-15,18,20,24-25,27,39H,7,12-13,16-17,19,21-23H2,1-6H3,(H2-,46,48,49,50,54,55);1H/t24-,27?,53?;/m0./s1. The number of nitrogens with one attached hydrogen (secondary N) is 3. The van der Waals surface area contributed by atoms with E-state index in [2.05, 4.69) is 37.7 Å². The number of halogens is 5. The number of benzene rings is 2. The van der Waals surface area contributed by atoms with Crippen molar-refractivity contribution in [2.24, 2.45) is 11.8 Å². The Kier molecular flexibility index (Phi) is 14.4. The van der Waals surface area contributed by atoms with Crippen molar-refractivity contribution in [3.8, 4) is 17.0 Å². The average Bonchev–Trinajstić information content (AvgIpc) is 3.58. The second kappa shape index (κ2) is 18.7. The van der Waals surface area contributed by atoms with Gasteiger partial charge < -0.3 is 58.8 Å². The Hall–Kier alpha value is -4.72. The minimum absolute atomic E-state index is 0. The zero-order chi connectivity index (χ0) is 41.9. The van der Waals surface area contributed by atoms with Gasteiger partial charge in [-0.2, -0.15) is 13.2 Å². The number of fused-ring (bicyclic) bond motifs is 1. The first-order valence-electron chi connectivity index (χ1n) is 19.5. The number of likely N-dealkylation sites (tertiary alicyclic amines) is 2. The van der Waals surface area contributed by atoms with Gasteiger partial charge in [-0.3, -0.25) is 14.0 Å². The number of piperidine rings is 1. The predicted octanol–water partition coefficient (Wildman–Crippen LogP) is 3.54. The van der Waals surface area contributed by atoms with E-state index >= 15 is 0 Å². The van der Waals surface area contributed by atoms with Crippen molar-refractivity contribution in [2.45, 2.75) is 72.1 Å². The third-order valence-electron chi connectivity index (χ3n) is 10.6. The molecule has 2 aliphatic heterocycles. The van der Waals surface area contributed by atoms with Gasteiger partial charge in [0.05, 0.1) is 38.6 Å². The van der Waals surface area contributed by atoms with E-state index in [1.807, 2.05) is 40.7 Å². The minimum atomic E-state index is -3.31. The van der Waals surface area contributed by atoms with Crippen LogP contribution >= 0.6 is 0 Å². The van der Waals surface area contributed by atoms with Crippen molar-refractivity contribution in [2.75, 3.05) is 51.6 Å². The molecule has 0 unspecified atom stereocenters. The first-order chi connectivity index (χ1) is 27.4. The van der Waals surface area contributed by atoms with Crippen LogP contribution in [0.2, 0.25) is 0 Å². The summed E-state index contributed by atoms with van der Waals surface area (Å²) in [6.07, 6.45) is 6.06. The maximum Gasteiger partial charge on any atom is 0.410 e. The second-order valence-corrected chi connectivity index (χ2v) is 16.5. The Morgan fingerprint density at radius 1 is 1.03 bits per heavy atom. The molecule has 2 aromatic heterocycles. The summed E-state index contributed by atoms with van der Waals surface area (Å²) in [7, 11) is 2.22. The molecular formula is C41H51F4IN8O5. The number of imidazole rings is 1. The van der Waals surface area contributed by atoms with Crippen LogP contribution in [0.1, 0.15) is 63.4 Å². The first-order valence-corrected chi connectivity index (χ1v) is 19.5. The number of aryl methyl sites for hydroxylation is 1. The summed E-state index contributed by atoms with van der Waals surface area (Å²) in [6.45, 7) is 10.4. The van der Waals surface area contributed by atoms with Crippen LogP contribution in [0.15, 0.2) is 48.9 Å². The average molecular weight is 939 g/mol. The Morgan fingerprint density at radius 3 is 2.41 bits per heavy atom. The maximum absolute atomic E-state index is 15.0. The molecule has 0 radical (unpaired) electrons. The van der Waals surface area contributed by atoms with Crippen LogP contribution in [-0.2, 0) is 16.0 Å². The number of nitrogens with zero attached hydrogens (tertiary/aromatic N) is 5. The monoisotopic (exact) mass is 938 g/mol. The largest absolute Gasteiger partial charge is 1.00 e. The van der Waals surface area contributed by atoms with Crippen LogP contribution < -0.4 is 44.7 Å². The first kappa shape index (κ1) is 45.4. The molecule has 2 aromatic carbocycles. The molecule has 3 N–H and O–H groups in total. The van der Waals surface area contributed by atoms with Crippen molar-refractivity contribution in [3.05, 3.63) is 71.7 Å². The van der Waals surface area contributed by atoms with Gasteiger partial charge in [0.1, 0.15) is 5.60 Å². The number of hydrogen-bond donors (Lipinski definition) is 3. The molecule has 2 aliphatic rings. The molecule has 4 aromatic rings. The molecule has 3 amide bonds. The van der Waals surface area contributed by atoms with Crippen molar-refractivity contribution >= 4 is 35.1 Å². The number of hydrogen-bond acceptors (Lipinski definition) is 8. The molecule has 0 bridgehead atoms. The fraction of sp³-hybridized carbons (Fsp3) is 0.488. The highest BCUT2D eigenvalue weighted by Gasteiger charge is 2.41. The van der Waals surface area contributed by atoms with Gasteiger partial charge in [-0.1, -0.05) is 6.92 Å². The van der Waals surface area contributed by atoms with E-state index < -0.39 is 29.6 Å². The topological polar surface area (TPSA) is 139 Å². The number of anilines is 2. The SMILES string of the molecule is CCc1cc(Nc2nccn3c(-c4ccc(OC(F)F)c(F)c4F)cnc23)ccc1C(=O)N[C@@H](C)CNC(=O)C1CC[N+](C)(CC2CN(C(=O)OC(C)(C)C)C2)CC1.[I-]. The molecule has 0 spiro atoms.